The quantitative estimate of drug-likeness (QED) is 0.623. The summed E-state index contributed by atoms with van der Waals surface area (Å²) >= 11 is 0. The average Bonchev–Trinajstić information content (AvgIpc) is 2.80. The smallest absolute Gasteiger partial charge is 0.475 e. The number of hydrogen-bond donors (Lipinski definition) is 1. The van der Waals surface area contributed by atoms with Crippen LogP contribution < -0.4 is 0 Å². The fraction of sp³-hybridized carbons (Fsp3) is 0.741. The number of aryl methyl sites for hydroxylation is 1. The fourth-order valence-corrected chi connectivity index (χ4v) is 7.73. The Labute approximate surface area is 214 Å². The van der Waals surface area contributed by atoms with E-state index in [1.54, 1.807) is 0 Å². The lowest BCUT2D eigenvalue weighted by Gasteiger charge is -2.60. The molecular formula is C27H35F3N2O5. The summed E-state index contributed by atoms with van der Waals surface area (Å²) in [6.45, 7) is 4.81. The summed E-state index contributed by atoms with van der Waals surface area (Å²) in [7, 11) is 0. The summed E-state index contributed by atoms with van der Waals surface area (Å²) in [5.74, 6) is 0.133. The minimum atomic E-state index is -5.08. The molecule has 0 radical (unpaired) electrons. The Morgan fingerprint density at radius 1 is 1.11 bits per heavy atom. The highest BCUT2D eigenvalue weighted by Crippen LogP contribution is 2.61. The van der Waals surface area contributed by atoms with E-state index in [9.17, 15) is 18.0 Å². The number of ether oxygens (including phenoxy) is 2. The first kappa shape index (κ1) is 26.4. The first-order chi connectivity index (χ1) is 17.5. The van der Waals surface area contributed by atoms with Crippen molar-refractivity contribution in [2.45, 2.75) is 82.8 Å². The van der Waals surface area contributed by atoms with Crippen molar-refractivity contribution in [2.24, 2.45) is 23.2 Å². The summed E-state index contributed by atoms with van der Waals surface area (Å²) in [6, 6.07) is 6.07. The van der Waals surface area contributed by atoms with Gasteiger partial charge in [0.1, 0.15) is 5.60 Å². The van der Waals surface area contributed by atoms with Gasteiger partial charge in [-0.3, -0.25) is 9.78 Å². The van der Waals surface area contributed by atoms with E-state index >= 15 is 0 Å². The van der Waals surface area contributed by atoms with Crippen LogP contribution in [0, 0.1) is 30.1 Å². The maximum absolute atomic E-state index is 13.6. The molecule has 1 N–H and O–H groups in total. The maximum atomic E-state index is 13.6. The van der Waals surface area contributed by atoms with Gasteiger partial charge in [-0.2, -0.15) is 13.2 Å². The molecule has 1 spiro atoms. The summed E-state index contributed by atoms with van der Waals surface area (Å²) < 4.78 is 44.2. The minimum Gasteiger partial charge on any atom is -0.475 e. The molecule has 3 heterocycles. The number of carbonyl (C=O) groups excluding carboxylic acids is 1. The van der Waals surface area contributed by atoms with Crippen LogP contribution in [0.5, 0.6) is 0 Å². The molecule has 37 heavy (non-hydrogen) atoms. The normalized spacial score (nSPS) is 33.5. The van der Waals surface area contributed by atoms with E-state index in [1.807, 2.05) is 25.1 Å². The van der Waals surface area contributed by atoms with Gasteiger partial charge in [-0.05, 0) is 81.8 Å². The number of hydrogen-bond acceptors (Lipinski definition) is 5. The molecule has 1 aromatic rings. The monoisotopic (exact) mass is 524 g/mol. The lowest BCUT2D eigenvalue weighted by atomic mass is 9.49. The molecule has 10 heteroatoms. The molecule has 7 rings (SSSR count). The van der Waals surface area contributed by atoms with Crippen molar-refractivity contribution in [3.8, 4) is 0 Å². The Morgan fingerprint density at radius 3 is 2.24 bits per heavy atom. The van der Waals surface area contributed by atoms with Crippen LogP contribution in [0.4, 0.5) is 13.2 Å². The predicted molar refractivity (Wildman–Crippen MR) is 126 cm³/mol. The Kier molecular flexibility index (Phi) is 7.02. The van der Waals surface area contributed by atoms with E-state index in [2.05, 4.69) is 9.88 Å². The SMILES string of the molecule is Cc1cccc(COC2CCOC3(C2)CN(C(=O)C24CC5CC(CC(C5)C2)C4)C3)n1.O=C(O)C(F)(F)F. The highest BCUT2D eigenvalue weighted by Gasteiger charge is 2.59. The van der Waals surface area contributed by atoms with E-state index in [0.29, 0.717) is 12.5 Å². The molecule has 6 fully saturated rings. The van der Waals surface area contributed by atoms with Gasteiger partial charge in [-0.1, -0.05) is 6.07 Å². The van der Waals surface area contributed by atoms with E-state index in [4.69, 9.17) is 19.4 Å². The zero-order valence-electron chi connectivity index (χ0n) is 21.1. The molecule has 1 aromatic heterocycles. The zero-order chi connectivity index (χ0) is 26.4. The highest BCUT2D eigenvalue weighted by atomic mass is 19.4. The molecule has 7 nitrogen and oxygen atoms in total. The van der Waals surface area contributed by atoms with E-state index in [-0.39, 0.29) is 17.1 Å². The van der Waals surface area contributed by atoms with Crippen LogP contribution >= 0.6 is 0 Å². The molecule has 4 bridgehead atoms. The second-order valence-electron chi connectivity index (χ2n) is 11.9. The third kappa shape index (κ3) is 5.65. The summed E-state index contributed by atoms with van der Waals surface area (Å²) in [6.07, 6.45) is 4.53. The summed E-state index contributed by atoms with van der Waals surface area (Å²) in [5.41, 5.74) is 1.80. The van der Waals surface area contributed by atoms with E-state index < -0.39 is 12.1 Å². The van der Waals surface area contributed by atoms with Crippen molar-refractivity contribution in [3.63, 3.8) is 0 Å². The molecule has 2 saturated heterocycles. The second kappa shape index (κ2) is 9.84. The third-order valence-corrected chi connectivity index (χ3v) is 8.84. The topological polar surface area (TPSA) is 89.0 Å². The van der Waals surface area contributed by atoms with Gasteiger partial charge < -0.3 is 19.5 Å². The fourth-order valence-electron chi connectivity index (χ4n) is 7.73. The van der Waals surface area contributed by atoms with Gasteiger partial charge in [0.2, 0.25) is 5.91 Å². The summed E-state index contributed by atoms with van der Waals surface area (Å²) in [5, 5.41) is 7.12. The van der Waals surface area contributed by atoms with Crippen LogP contribution in [0.2, 0.25) is 0 Å². The van der Waals surface area contributed by atoms with Crippen LogP contribution in [0.3, 0.4) is 0 Å². The van der Waals surface area contributed by atoms with Crippen molar-refractivity contribution in [2.75, 3.05) is 19.7 Å². The van der Waals surface area contributed by atoms with Gasteiger partial charge in [0.25, 0.3) is 0 Å². The van der Waals surface area contributed by atoms with Crippen molar-refractivity contribution < 1.29 is 37.3 Å². The molecule has 0 aromatic carbocycles. The van der Waals surface area contributed by atoms with Gasteiger partial charge in [0.05, 0.1) is 36.9 Å². The van der Waals surface area contributed by atoms with Crippen LogP contribution in [-0.2, 0) is 25.7 Å². The molecule has 1 atom stereocenters. The average molecular weight is 525 g/mol. The Hall–Kier alpha value is -2.20. The maximum Gasteiger partial charge on any atom is 0.490 e. The largest absolute Gasteiger partial charge is 0.490 e. The number of carboxylic acid groups (broad SMARTS) is 1. The van der Waals surface area contributed by atoms with Gasteiger partial charge in [-0.15, -0.1) is 0 Å². The Bertz CT molecular complexity index is 988. The molecular weight excluding hydrogens is 489 g/mol. The lowest BCUT2D eigenvalue weighted by molar-refractivity contribution is -0.212. The Morgan fingerprint density at radius 2 is 1.70 bits per heavy atom. The molecule has 4 saturated carbocycles. The van der Waals surface area contributed by atoms with Gasteiger partial charge >= 0.3 is 12.1 Å². The number of halogens is 3. The molecule has 6 aliphatic rings. The lowest BCUT2D eigenvalue weighted by Crippen LogP contribution is -2.70. The predicted octanol–water partition coefficient (Wildman–Crippen LogP) is 4.52. The van der Waals surface area contributed by atoms with E-state index in [1.165, 1.54) is 19.3 Å². The van der Waals surface area contributed by atoms with Gasteiger partial charge in [0.15, 0.2) is 0 Å². The first-order valence-electron chi connectivity index (χ1n) is 13.2. The van der Waals surface area contributed by atoms with Crippen molar-refractivity contribution in [1.82, 2.24) is 9.88 Å². The minimum absolute atomic E-state index is 0.0300. The summed E-state index contributed by atoms with van der Waals surface area (Å²) in [4.78, 5) is 29.1. The third-order valence-electron chi connectivity index (χ3n) is 8.84. The molecule has 2 aliphatic heterocycles. The van der Waals surface area contributed by atoms with Gasteiger partial charge in [-0.25, -0.2) is 4.79 Å². The van der Waals surface area contributed by atoms with Crippen LogP contribution in [0.15, 0.2) is 18.2 Å². The van der Waals surface area contributed by atoms with Crippen molar-refractivity contribution in [1.29, 1.82) is 0 Å². The molecule has 1 amide bonds. The van der Waals surface area contributed by atoms with E-state index in [0.717, 1.165) is 80.9 Å². The number of amides is 1. The van der Waals surface area contributed by atoms with Gasteiger partial charge in [0, 0.05) is 18.7 Å². The number of aliphatic carboxylic acids is 1. The number of likely N-dealkylation sites (tertiary alicyclic amines) is 1. The highest BCUT2D eigenvalue weighted by molar-refractivity contribution is 5.84. The molecule has 4 aliphatic carbocycles. The number of aromatic nitrogens is 1. The standard InChI is InChI=1S/C25H34N2O3.C2HF3O2/c1-17-3-2-4-21(26-17)14-29-22-5-6-30-25(13-22)15-27(16-25)23(28)24-10-18-7-19(11-24)9-20(8-18)12-24;3-2(4,5)1(6)7/h2-4,18-20,22H,5-16H2,1H3;(H,6,7). The Balaban J connectivity index is 0.000000355. The van der Waals surface area contributed by atoms with Crippen LogP contribution in [0.25, 0.3) is 0 Å². The number of pyridine rings is 1. The van der Waals surface area contributed by atoms with Crippen LogP contribution in [0.1, 0.15) is 62.8 Å². The van der Waals surface area contributed by atoms with Crippen LogP contribution in [-0.4, -0.2) is 64.4 Å². The van der Waals surface area contributed by atoms with Crippen molar-refractivity contribution >= 4 is 11.9 Å². The van der Waals surface area contributed by atoms with Crippen molar-refractivity contribution in [3.05, 3.63) is 29.6 Å². The number of rotatable bonds is 4. The number of alkyl halides is 3. The second-order valence-corrected chi connectivity index (χ2v) is 11.9. The first-order valence-corrected chi connectivity index (χ1v) is 13.2. The number of nitrogens with zero attached hydrogens (tertiary/aromatic N) is 2. The number of carbonyl (C=O) groups is 2. The zero-order valence-corrected chi connectivity index (χ0v) is 21.1. The molecule has 1 unspecified atom stereocenters. The number of carboxylic acids is 1. The molecule has 204 valence electrons.